The van der Waals surface area contributed by atoms with E-state index in [4.69, 9.17) is 32.7 Å². The van der Waals surface area contributed by atoms with E-state index in [1.807, 2.05) is 42.2 Å². The summed E-state index contributed by atoms with van der Waals surface area (Å²) in [6.45, 7) is 7.25. The Morgan fingerprint density at radius 1 is 1.05 bits per heavy atom. The number of likely N-dealkylation sites (tertiary alicyclic amines) is 1. The van der Waals surface area contributed by atoms with Crippen molar-refractivity contribution in [1.82, 2.24) is 14.8 Å². The van der Waals surface area contributed by atoms with E-state index in [0.717, 1.165) is 69.1 Å². The molecule has 2 saturated heterocycles. The highest BCUT2D eigenvalue weighted by Gasteiger charge is 2.28. The van der Waals surface area contributed by atoms with Gasteiger partial charge in [0.1, 0.15) is 11.6 Å². The van der Waals surface area contributed by atoms with Crippen LogP contribution in [0.15, 0.2) is 48.7 Å². The molecule has 9 heteroatoms. The van der Waals surface area contributed by atoms with Crippen LogP contribution in [0.1, 0.15) is 34.5 Å². The third-order valence-electron chi connectivity index (χ3n) is 7.57. The van der Waals surface area contributed by atoms with Gasteiger partial charge < -0.3 is 14.4 Å². The quantitative estimate of drug-likeness (QED) is 0.322. The third kappa shape index (κ3) is 6.55. The van der Waals surface area contributed by atoms with Crippen molar-refractivity contribution in [1.29, 1.82) is 0 Å². The van der Waals surface area contributed by atoms with Crippen LogP contribution in [0.2, 0.25) is 10.0 Å². The summed E-state index contributed by atoms with van der Waals surface area (Å²) in [5.41, 5.74) is 3.76. The number of benzene rings is 2. The average Bonchev–Trinajstić information content (AvgIpc) is 2.98. The van der Waals surface area contributed by atoms with Gasteiger partial charge in [-0.15, -0.1) is 0 Å². The highest BCUT2D eigenvalue weighted by molar-refractivity contribution is 6.36. The molecule has 3 aromatic rings. The van der Waals surface area contributed by atoms with Crippen LogP contribution >= 0.6 is 23.2 Å². The number of carbonyl (C=O) groups excluding carboxylic acids is 1. The molecule has 39 heavy (non-hydrogen) atoms. The molecule has 2 fully saturated rings. The van der Waals surface area contributed by atoms with Crippen LogP contribution in [0, 0.1) is 12.7 Å². The average molecular weight is 573 g/mol. The summed E-state index contributed by atoms with van der Waals surface area (Å²) < 4.78 is 25.3. The summed E-state index contributed by atoms with van der Waals surface area (Å²) in [6, 6.07) is 12.8. The van der Waals surface area contributed by atoms with Crippen molar-refractivity contribution in [2.45, 2.75) is 32.2 Å². The van der Waals surface area contributed by atoms with E-state index in [2.05, 4.69) is 9.88 Å². The molecule has 0 saturated carbocycles. The summed E-state index contributed by atoms with van der Waals surface area (Å²) in [7, 11) is 0. The minimum Gasteiger partial charge on any atom is -0.491 e. The second-order valence-electron chi connectivity index (χ2n) is 9.98. The monoisotopic (exact) mass is 571 g/mol. The van der Waals surface area contributed by atoms with Gasteiger partial charge in [-0.05, 0) is 61.2 Å². The van der Waals surface area contributed by atoms with E-state index < -0.39 is 5.82 Å². The molecular weight excluding hydrogens is 540 g/mol. The Balaban J connectivity index is 1.19. The molecule has 2 aliphatic rings. The van der Waals surface area contributed by atoms with Crippen molar-refractivity contribution in [3.8, 4) is 16.9 Å². The lowest BCUT2D eigenvalue weighted by Crippen LogP contribution is -2.50. The number of hydrogen-bond acceptors (Lipinski definition) is 5. The maximum Gasteiger partial charge on any atom is 0.253 e. The van der Waals surface area contributed by atoms with E-state index in [-0.39, 0.29) is 17.5 Å². The Labute approximate surface area is 238 Å². The Morgan fingerprint density at radius 3 is 2.49 bits per heavy atom. The molecule has 0 radical (unpaired) electrons. The van der Waals surface area contributed by atoms with Crippen molar-refractivity contribution < 1.29 is 18.7 Å². The summed E-state index contributed by atoms with van der Waals surface area (Å²) in [5, 5.41) is 0.426. The molecule has 0 atom stereocenters. The first-order valence-electron chi connectivity index (χ1n) is 13.3. The van der Waals surface area contributed by atoms with Crippen LogP contribution in [0.3, 0.4) is 0 Å². The van der Waals surface area contributed by atoms with Crippen LogP contribution in [0.4, 0.5) is 4.39 Å². The third-order valence-corrected chi connectivity index (χ3v) is 8.33. The molecule has 3 heterocycles. The maximum atomic E-state index is 13.8. The predicted molar refractivity (Wildman–Crippen MR) is 151 cm³/mol. The van der Waals surface area contributed by atoms with Gasteiger partial charge >= 0.3 is 0 Å². The van der Waals surface area contributed by atoms with Gasteiger partial charge in [-0.1, -0.05) is 35.3 Å². The van der Waals surface area contributed by atoms with Crippen LogP contribution in [-0.4, -0.2) is 72.7 Å². The van der Waals surface area contributed by atoms with Gasteiger partial charge in [0.05, 0.1) is 30.5 Å². The Bertz CT molecular complexity index is 1310. The molecular formula is C30H32Cl2FN3O3. The Morgan fingerprint density at radius 2 is 1.77 bits per heavy atom. The van der Waals surface area contributed by atoms with E-state index in [0.29, 0.717) is 34.4 Å². The Hall–Kier alpha value is -2.71. The van der Waals surface area contributed by atoms with E-state index in [1.165, 1.54) is 12.1 Å². The van der Waals surface area contributed by atoms with Crippen LogP contribution in [0.25, 0.3) is 11.1 Å². The normalized spacial score (nSPS) is 16.9. The number of morpholine rings is 1. The molecule has 2 aliphatic heterocycles. The lowest BCUT2D eigenvalue weighted by molar-refractivity contribution is 0.00159. The lowest BCUT2D eigenvalue weighted by Gasteiger charge is -2.40. The molecule has 206 valence electrons. The molecule has 0 unspecified atom stereocenters. The lowest BCUT2D eigenvalue weighted by atomic mass is 10.0. The fourth-order valence-corrected chi connectivity index (χ4v) is 5.80. The predicted octanol–water partition coefficient (Wildman–Crippen LogP) is 6.06. The minimum atomic E-state index is -0.504. The largest absolute Gasteiger partial charge is 0.491 e. The van der Waals surface area contributed by atoms with Gasteiger partial charge in [0.25, 0.3) is 5.91 Å². The molecule has 2 aromatic carbocycles. The minimum absolute atomic E-state index is 0.0193. The summed E-state index contributed by atoms with van der Waals surface area (Å²) >= 11 is 12.3. The van der Waals surface area contributed by atoms with Crippen molar-refractivity contribution in [2.24, 2.45) is 0 Å². The van der Waals surface area contributed by atoms with E-state index >= 15 is 0 Å². The molecule has 6 nitrogen and oxygen atoms in total. The van der Waals surface area contributed by atoms with Gasteiger partial charge in [0.15, 0.2) is 0 Å². The number of aryl methyl sites for hydroxylation is 1. The van der Waals surface area contributed by atoms with Crippen molar-refractivity contribution >= 4 is 29.1 Å². The number of halogens is 3. The van der Waals surface area contributed by atoms with Gasteiger partial charge in [0, 0.05) is 61.0 Å². The SMILES string of the molecule is Cc1ncc(-c2ccc(C(=O)N3CCC(N4CCOCC4)CC3)cc2)cc1OCCc1c(Cl)ccc(F)c1Cl. The molecule has 0 aliphatic carbocycles. The zero-order valence-corrected chi connectivity index (χ0v) is 23.5. The molecule has 0 N–H and O–H groups in total. The highest BCUT2D eigenvalue weighted by atomic mass is 35.5. The van der Waals surface area contributed by atoms with Gasteiger partial charge in [0.2, 0.25) is 0 Å². The van der Waals surface area contributed by atoms with Crippen LogP contribution < -0.4 is 4.74 Å². The van der Waals surface area contributed by atoms with Gasteiger partial charge in [-0.25, -0.2) is 4.39 Å². The number of rotatable bonds is 7. The molecule has 1 aromatic heterocycles. The highest BCUT2D eigenvalue weighted by Crippen LogP contribution is 2.29. The topological polar surface area (TPSA) is 54.9 Å². The summed E-state index contributed by atoms with van der Waals surface area (Å²) in [6.07, 6.45) is 4.15. The van der Waals surface area contributed by atoms with Crippen molar-refractivity contribution in [2.75, 3.05) is 46.0 Å². The molecule has 0 spiro atoms. The van der Waals surface area contributed by atoms with E-state index in [1.54, 1.807) is 6.20 Å². The first-order valence-corrected chi connectivity index (χ1v) is 14.1. The fraction of sp³-hybridized carbons (Fsp3) is 0.400. The van der Waals surface area contributed by atoms with Gasteiger partial charge in [-0.3, -0.25) is 14.7 Å². The number of pyridine rings is 1. The number of amides is 1. The molecule has 0 bridgehead atoms. The van der Waals surface area contributed by atoms with E-state index in [9.17, 15) is 9.18 Å². The zero-order chi connectivity index (χ0) is 27.4. The number of nitrogens with zero attached hydrogens (tertiary/aromatic N) is 3. The second-order valence-corrected chi connectivity index (χ2v) is 10.8. The van der Waals surface area contributed by atoms with Gasteiger partial charge in [-0.2, -0.15) is 0 Å². The molecule has 5 rings (SSSR count). The number of carbonyl (C=O) groups is 1. The second kappa shape index (κ2) is 12.6. The Kier molecular flexibility index (Phi) is 9.03. The number of ether oxygens (including phenoxy) is 2. The standard InChI is InChI=1S/C30H32Cl2FN3O3/c1-20-28(39-15-10-25-26(31)6-7-27(33)29(25)32)18-23(19-34-20)21-2-4-22(5-3-21)30(37)36-11-8-24(9-12-36)35-13-16-38-17-14-35/h2-7,18-19,24H,8-17H2,1H3. The number of piperidine rings is 1. The number of hydrogen-bond donors (Lipinski definition) is 0. The first-order chi connectivity index (χ1) is 18.9. The zero-order valence-electron chi connectivity index (χ0n) is 22.0. The molecule has 1 amide bonds. The van der Waals surface area contributed by atoms with Crippen molar-refractivity contribution in [3.05, 3.63) is 81.3 Å². The van der Waals surface area contributed by atoms with Crippen LogP contribution in [0.5, 0.6) is 5.75 Å². The smallest absolute Gasteiger partial charge is 0.253 e. The summed E-state index contributed by atoms with van der Waals surface area (Å²) in [4.78, 5) is 22.1. The van der Waals surface area contributed by atoms with Crippen LogP contribution in [-0.2, 0) is 11.2 Å². The van der Waals surface area contributed by atoms with Crippen molar-refractivity contribution in [3.63, 3.8) is 0 Å². The summed E-state index contributed by atoms with van der Waals surface area (Å²) in [5.74, 6) is 0.192. The number of aromatic nitrogens is 1. The maximum absolute atomic E-state index is 13.8. The first kappa shape index (κ1) is 27.8. The fourth-order valence-electron chi connectivity index (χ4n) is 5.24.